The van der Waals surface area contributed by atoms with Crippen molar-refractivity contribution in [2.45, 2.75) is 0 Å². The lowest BCUT2D eigenvalue weighted by Crippen LogP contribution is -1.89. The summed E-state index contributed by atoms with van der Waals surface area (Å²) in [6, 6.07) is 13.5. The maximum atomic E-state index is 4.55. The Hall–Kier alpha value is -2.49. The first-order valence-corrected chi connectivity index (χ1v) is 5.32. The highest BCUT2D eigenvalue weighted by Crippen LogP contribution is 2.19. The van der Waals surface area contributed by atoms with Gasteiger partial charge in [0, 0.05) is 12.4 Å². The van der Waals surface area contributed by atoms with E-state index in [2.05, 4.69) is 20.2 Å². The van der Waals surface area contributed by atoms with Crippen LogP contribution in [0.4, 0.5) is 0 Å². The molecule has 0 aromatic carbocycles. The predicted molar refractivity (Wildman–Crippen MR) is 65.0 cm³/mol. The van der Waals surface area contributed by atoms with E-state index in [1.165, 1.54) is 0 Å². The SMILES string of the molecule is c1ccc(-c2cccc(-c3ccn[nH]3)n2)nc1. The van der Waals surface area contributed by atoms with Gasteiger partial charge >= 0.3 is 0 Å². The van der Waals surface area contributed by atoms with Crippen molar-refractivity contribution in [3.8, 4) is 22.8 Å². The molecule has 0 spiro atoms. The van der Waals surface area contributed by atoms with Crippen LogP contribution >= 0.6 is 0 Å². The van der Waals surface area contributed by atoms with Crippen LogP contribution in [0.3, 0.4) is 0 Å². The van der Waals surface area contributed by atoms with Crippen LogP contribution in [-0.2, 0) is 0 Å². The van der Waals surface area contributed by atoms with Gasteiger partial charge in [-0.3, -0.25) is 10.1 Å². The second kappa shape index (κ2) is 4.17. The number of rotatable bonds is 2. The van der Waals surface area contributed by atoms with Gasteiger partial charge in [-0.1, -0.05) is 12.1 Å². The quantitative estimate of drug-likeness (QED) is 0.724. The average molecular weight is 222 g/mol. The maximum Gasteiger partial charge on any atom is 0.0894 e. The Bertz CT molecular complexity index is 602. The summed E-state index contributed by atoms with van der Waals surface area (Å²) >= 11 is 0. The van der Waals surface area contributed by atoms with Crippen molar-refractivity contribution in [1.82, 2.24) is 20.2 Å². The molecule has 0 amide bonds. The van der Waals surface area contributed by atoms with Crippen LogP contribution in [0.1, 0.15) is 0 Å². The minimum Gasteiger partial charge on any atom is -0.276 e. The molecule has 0 saturated heterocycles. The maximum absolute atomic E-state index is 4.55. The molecule has 0 aliphatic heterocycles. The van der Waals surface area contributed by atoms with Gasteiger partial charge in [-0.25, -0.2) is 4.98 Å². The normalized spacial score (nSPS) is 10.4. The van der Waals surface area contributed by atoms with E-state index in [-0.39, 0.29) is 0 Å². The second-order valence-corrected chi connectivity index (χ2v) is 3.59. The minimum atomic E-state index is 0.859. The summed E-state index contributed by atoms with van der Waals surface area (Å²) < 4.78 is 0. The first-order chi connectivity index (χ1) is 8.43. The monoisotopic (exact) mass is 222 g/mol. The van der Waals surface area contributed by atoms with Gasteiger partial charge in [-0.15, -0.1) is 0 Å². The summed E-state index contributed by atoms with van der Waals surface area (Å²) in [5, 5.41) is 6.82. The lowest BCUT2D eigenvalue weighted by molar-refractivity contribution is 1.09. The molecule has 0 unspecified atom stereocenters. The summed E-state index contributed by atoms with van der Waals surface area (Å²) in [6.45, 7) is 0. The fourth-order valence-corrected chi connectivity index (χ4v) is 1.64. The number of hydrogen-bond acceptors (Lipinski definition) is 3. The summed E-state index contributed by atoms with van der Waals surface area (Å²) in [7, 11) is 0. The molecule has 0 aliphatic rings. The molecule has 17 heavy (non-hydrogen) atoms. The largest absolute Gasteiger partial charge is 0.276 e. The zero-order valence-corrected chi connectivity index (χ0v) is 9.04. The fraction of sp³-hybridized carbons (Fsp3) is 0. The van der Waals surface area contributed by atoms with Crippen molar-refractivity contribution in [3.63, 3.8) is 0 Å². The summed E-state index contributed by atoms with van der Waals surface area (Å²) in [6.07, 6.45) is 3.48. The second-order valence-electron chi connectivity index (χ2n) is 3.59. The number of hydrogen-bond donors (Lipinski definition) is 1. The van der Waals surface area contributed by atoms with Crippen molar-refractivity contribution in [2.24, 2.45) is 0 Å². The highest BCUT2D eigenvalue weighted by molar-refractivity contribution is 5.61. The van der Waals surface area contributed by atoms with E-state index >= 15 is 0 Å². The van der Waals surface area contributed by atoms with Crippen LogP contribution in [0.15, 0.2) is 54.9 Å². The zero-order valence-electron chi connectivity index (χ0n) is 9.04. The highest BCUT2D eigenvalue weighted by Gasteiger charge is 2.04. The van der Waals surface area contributed by atoms with Crippen LogP contribution in [0.5, 0.6) is 0 Å². The smallest absolute Gasteiger partial charge is 0.0894 e. The number of nitrogens with zero attached hydrogens (tertiary/aromatic N) is 3. The van der Waals surface area contributed by atoms with Gasteiger partial charge in [0.25, 0.3) is 0 Å². The zero-order chi connectivity index (χ0) is 11.5. The third-order valence-corrected chi connectivity index (χ3v) is 2.45. The molecule has 0 fully saturated rings. The minimum absolute atomic E-state index is 0.859. The van der Waals surface area contributed by atoms with E-state index in [4.69, 9.17) is 0 Å². The van der Waals surface area contributed by atoms with E-state index in [1.54, 1.807) is 12.4 Å². The van der Waals surface area contributed by atoms with Gasteiger partial charge in [0.1, 0.15) is 0 Å². The van der Waals surface area contributed by atoms with Gasteiger partial charge in [0.15, 0.2) is 0 Å². The lowest BCUT2D eigenvalue weighted by Gasteiger charge is -2.01. The number of aromatic nitrogens is 4. The van der Waals surface area contributed by atoms with Crippen molar-refractivity contribution in [2.75, 3.05) is 0 Å². The Morgan fingerprint density at radius 1 is 0.765 bits per heavy atom. The molecule has 0 atom stereocenters. The average Bonchev–Trinajstić information content (AvgIpc) is 2.94. The lowest BCUT2D eigenvalue weighted by atomic mass is 10.2. The van der Waals surface area contributed by atoms with Gasteiger partial charge < -0.3 is 0 Å². The third-order valence-electron chi connectivity index (χ3n) is 2.45. The molecule has 1 N–H and O–H groups in total. The van der Waals surface area contributed by atoms with E-state index in [0.29, 0.717) is 0 Å². The Morgan fingerprint density at radius 3 is 2.41 bits per heavy atom. The van der Waals surface area contributed by atoms with Crippen molar-refractivity contribution < 1.29 is 0 Å². The Balaban J connectivity index is 2.06. The molecule has 3 rings (SSSR count). The van der Waals surface area contributed by atoms with E-state index in [9.17, 15) is 0 Å². The first kappa shape index (κ1) is 9.72. The Morgan fingerprint density at radius 2 is 1.65 bits per heavy atom. The third kappa shape index (κ3) is 1.92. The number of aromatic amines is 1. The number of H-pyrrole nitrogens is 1. The van der Waals surface area contributed by atoms with Crippen LogP contribution in [0.2, 0.25) is 0 Å². The van der Waals surface area contributed by atoms with Gasteiger partial charge in [0.2, 0.25) is 0 Å². The van der Waals surface area contributed by atoms with Crippen LogP contribution < -0.4 is 0 Å². The standard InChI is InChI=1S/C13H10N4/c1-2-8-14-10(4-1)11-5-3-6-12(16-11)13-7-9-15-17-13/h1-9H,(H,15,17). The Kier molecular flexibility index (Phi) is 2.38. The number of nitrogens with one attached hydrogen (secondary N) is 1. The predicted octanol–water partition coefficient (Wildman–Crippen LogP) is 2.53. The highest BCUT2D eigenvalue weighted by atomic mass is 15.1. The van der Waals surface area contributed by atoms with Crippen LogP contribution in [0.25, 0.3) is 22.8 Å². The molecule has 4 nitrogen and oxygen atoms in total. The molecule has 82 valence electrons. The van der Waals surface area contributed by atoms with Crippen molar-refractivity contribution >= 4 is 0 Å². The molecule has 4 heteroatoms. The van der Waals surface area contributed by atoms with E-state index in [0.717, 1.165) is 22.8 Å². The van der Waals surface area contributed by atoms with Crippen LogP contribution in [0, 0.1) is 0 Å². The van der Waals surface area contributed by atoms with Gasteiger partial charge in [0.05, 0.1) is 22.8 Å². The van der Waals surface area contributed by atoms with Crippen LogP contribution in [-0.4, -0.2) is 20.2 Å². The molecule has 0 bridgehead atoms. The topological polar surface area (TPSA) is 54.5 Å². The first-order valence-electron chi connectivity index (χ1n) is 5.32. The summed E-state index contributed by atoms with van der Waals surface area (Å²) in [5.41, 5.74) is 3.50. The van der Waals surface area contributed by atoms with Gasteiger partial charge in [-0.05, 0) is 30.3 Å². The molecule has 3 aromatic heterocycles. The van der Waals surface area contributed by atoms with Crippen molar-refractivity contribution in [3.05, 3.63) is 54.9 Å². The molecule has 3 heterocycles. The molecule has 0 radical (unpaired) electrons. The summed E-state index contributed by atoms with van der Waals surface area (Å²) in [4.78, 5) is 8.83. The molecular formula is C13H10N4. The molecule has 3 aromatic rings. The van der Waals surface area contributed by atoms with E-state index < -0.39 is 0 Å². The molecule has 0 saturated carbocycles. The molecular weight excluding hydrogens is 212 g/mol. The number of pyridine rings is 2. The van der Waals surface area contributed by atoms with E-state index in [1.807, 2.05) is 42.5 Å². The fourth-order valence-electron chi connectivity index (χ4n) is 1.64. The molecule has 0 aliphatic carbocycles. The summed E-state index contributed by atoms with van der Waals surface area (Å²) in [5.74, 6) is 0. The Labute approximate surface area is 98.4 Å². The van der Waals surface area contributed by atoms with Gasteiger partial charge in [-0.2, -0.15) is 5.10 Å². The van der Waals surface area contributed by atoms with Crippen molar-refractivity contribution in [1.29, 1.82) is 0 Å².